The number of likely N-dealkylation sites (N-methyl/N-ethyl adjacent to an activating group) is 1. The number of aliphatic imine (C=N–C) groups is 1. The zero-order valence-corrected chi connectivity index (χ0v) is 17.9. The number of hydrogen-bond acceptors (Lipinski definition) is 4. The molecule has 1 unspecified atom stereocenters. The molecule has 162 valence electrons. The van der Waals surface area contributed by atoms with Gasteiger partial charge in [0.05, 0.1) is 19.3 Å². The van der Waals surface area contributed by atoms with Crippen molar-refractivity contribution in [3.63, 3.8) is 0 Å². The van der Waals surface area contributed by atoms with Gasteiger partial charge in [0.2, 0.25) is 5.91 Å². The fraction of sp³-hybridized carbons (Fsp3) is 0.619. The van der Waals surface area contributed by atoms with Gasteiger partial charge >= 0.3 is 0 Å². The molecule has 1 fully saturated rings. The third-order valence-electron chi connectivity index (χ3n) is 4.75. The lowest BCUT2D eigenvalue weighted by Crippen LogP contribution is -2.47. The SMILES string of the molecule is CC(C)CNC(=NCC(=O)N(C)C)NCC(c1ccc(F)cc1)N1CCOCC1. The highest BCUT2D eigenvalue weighted by Gasteiger charge is 2.23. The number of benzene rings is 1. The zero-order valence-electron chi connectivity index (χ0n) is 17.9. The highest BCUT2D eigenvalue weighted by molar-refractivity contribution is 5.84. The molecule has 1 aliphatic heterocycles. The number of rotatable bonds is 8. The average molecular weight is 408 g/mol. The van der Waals surface area contributed by atoms with Crippen LogP contribution in [-0.2, 0) is 9.53 Å². The molecule has 0 radical (unpaired) electrons. The molecule has 2 N–H and O–H groups in total. The number of amides is 1. The minimum absolute atomic E-state index is 0.0510. The first kappa shape index (κ1) is 23.1. The molecule has 1 amide bonds. The second kappa shape index (κ2) is 11.7. The largest absolute Gasteiger partial charge is 0.379 e. The lowest BCUT2D eigenvalue weighted by molar-refractivity contribution is -0.127. The number of ether oxygens (including phenoxy) is 1. The molecule has 1 atom stereocenters. The number of nitrogens with zero attached hydrogens (tertiary/aromatic N) is 3. The number of guanidine groups is 1. The van der Waals surface area contributed by atoms with Gasteiger partial charge in [0.1, 0.15) is 12.4 Å². The fourth-order valence-corrected chi connectivity index (χ4v) is 2.99. The summed E-state index contributed by atoms with van der Waals surface area (Å²) in [7, 11) is 3.44. The zero-order chi connectivity index (χ0) is 21.2. The van der Waals surface area contributed by atoms with Crippen LogP contribution >= 0.6 is 0 Å². The van der Waals surface area contributed by atoms with Gasteiger partial charge in [-0.05, 0) is 23.6 Å². The second-order valence-electron chi connectivity index (χ2n) is 7.82. The van der Waals surface area contributed by atoms with E-state index in [0.717, 1.165) is 25.2 Å². The van der Waals surface area contributed by atoms with E-state index in [0.29, 0.717) is 31.6 Å². The predicted molar refractivity (Wildman–Crippen MR) is 113 cm³/mol. The van der Waals surface area contributed by atoms with Crippen LogP contribution in [0.25, 0.3) is 0 Å². The predicted octanol–water partition coefficient (Wildman–Crippen LogP) is 1.48. The Bertz CT molecular complexity index is 658. The highest BCUT2D eigenvalue weighted by Crippen LogP contribution is 2.21. The molecule has 8 heteroatoms. The Kier molecular flexibility index (Phi) is 9.34. The molecule has 0 aromatic heterocycles. The van der Waals surface area contributed by atoms with Gasteiger partial charge in [0.15, 0.2) is 5.96 Å². The van der Waals surface area contributed by atoms with Crippen molar-refractivity contribution >= 4 is 11.9 Å². The smallest absolute Gasteiger partial charge is 0.243 e. The number of morpholine rings is 1. The summed E-state index contributed by atoms with van der Waals surface area (Å²) in [6, 6.07) is 6.68. The molecule has 0 bridgehead atoms. The van der Waals surface area contributed by atoms with E-state index in [-0.39, 0.29) is 24.3 Å². The van der Waals surface area contributed by atoms with Crippen LogP contribution in [0, 0.1) is 11.7 Å². The van der Waals surface area contributed by atoms with Gasteiger partial charge in [-0.2, -0.15) is 0 Å². The number of halogens is 1. The Balaban J connectivity index is 2.11. The molecule has 0 spiro atoms. The summed E-state index contributed by atoms with van der Waals surface area (Å²) < 4.78 is 18.9. The minimum Gasteiger partial charge on any atom is -0.379 e. The Labute approximate surface area is 173 Å². The van der Waals surface area contributed by atoms with Crippen LogP contribution in [-0.4, -0.2) is 81.7 Å². The van der Waals surface area contributed by atoms with Crippen LogP contribution in [0.15, 0.2) is 29.3 Å². The Hall–Kier alpha value is -2.19. The number of carbonyl (C=O) groups is 1. The van der Waals surface area contributed by atoms with Gasteiger partial charge in [0.25, 0.3) is 0 Å². The molecule has 7 nitrogen and oxygen atoms in total. The third-order valence-corrected chi connectivity index (χ3v) is 4.75. The topological polar surface area (TPSA) is 69.2 Å². The van der Waals surface area contributed by atoms with E-state index >= 15 is 0 Å². The second-order valence-corrected chi connectivity index (χ2v) is 7.82. The Morgan fingerprint density at radius 1 is 1.17 bits per heavy atom. The van der Waals surface area contributed by atoms with Crippen molar-refractivity contribution in [1.29, 1.82) is 0 Å². The molecular weight excluding hydrogens is 373 g/mol. The van der Waals surface area contributed by atoms with Gasteiger partial charge in [0, 0.05) is 40.3 Å². The standard InChI is InChI=1S/C21H34FN5O2/c1-16(2)13-23-21(25-15-20(28)26(3)4)24-14-19(27-9-11-29-12-10-27)17-5-7-18(22)8-6-17/h5-8,16,19H,9-15H2,1-4H3,(H2,23,24,25). The summed E-state index contributed by atoms with van der Waals surface area (Å²) in [5.74, 6) is 0.748. The van der Waals surface area contributed by atoms with Crippen molar-refractivity contribution in [2.75, 3.05) is 60.0 Å². The van der Waals surface area contributed by atoms with Crippen molar-refractivity contribution < 1.29 is 13.9 Å². The fourth-order valence-electron chi connectivity index (χ4n) is 2.99. The van der Waals surface area contributed by atoms with Crippen molar-refractivity contribution in [3.8, 4) is 0 Å². The van der Waals surface area contributed by atoms with Gasteiger partial charge < -0.3 is 20.3 Å². The van der Waals surface area contributed by atoms with E-state index in [1.807, 2.05) is 12.1 Å². The van der Waals surface area contributed by atoms with Crippen LogP contribution in [0.3, 0.4) is 0 Å². The van der Waals surface area contributed by atoms with E-state index in [4.69, 9.17) is 4.74 Å². The molecule has 0 saturated carbocycles. The van der Waals surface area contributed by atoms with Crippen LogP contribution in [0.2, 0.25) is 0 Å². The quantitative estimate of drug-likeness (QED) is 0.505. The van der Waals surface area contributed by atoms with Crippen LogP contribution in [0.4, 0.5) is 4.39 Å². The summed E-state index contributed by atoms with van der Waals surface area (Å²) in [5.41, 5.74) is 1.04. The summed E-state index contributed by atoms with van der Waals surface area (Å²) in [6.07, 6.45) is 0. The molecule has 1 saturated heterocycles. The molecule has 2 rings (SSSR count). The first-order valence-electron chi connectivity index (χ1n) is 10.2. The van der Waals surface area contributed by atoms with Gasteiger partial charge in [-0.25, -0.2) is 9.38 Å². The maximum Gasteiger partial charge on any atom is 0.243 e. The Morgan fingerprint density at radius 2 is 1.79 bits per heavy atom. The summed E-state index contributed by atoms with van der Waals surface area (Å²) >= 11 is 0. The summed E-state index contributed by atoms with van der Waals surface area (Å²) in [4.78, 5) is 20.2. The molecule has 1 heterocycles. The lowest BCUT2D eigenvalue weighted by Gasteiger charge is -2.35. The molecule has 29 heavy (non-hydrogen) atoms. The van der Waals surface area contributed by atoms with Gasteiger partial charge in [-0.1, -0.05) is 26.0 Å². The number of carbonyl (C=O) groups excluding carboxylic acids is 1. The van der Waals surface area contributed by atoms with Gasteiger partial charge in [-0.3, -0.25) is 9.69 Å². The first-order valence-corrected chi connectivity index (χ1v) is 10.2. The Morgan fingerprint density at radius 3 is 2.38 bits per heavy atom. The summed E-state index contributed by atoms with van der Waals surface area (Å²) in [5, 5.41) is 6.67. The molecule has 0 aliphatic carbocycles. The monoisotopic (exact) mass is 407 g/mol. The maximum atomic E-state index is 13.4. The molecule has 1 aromatic rings. The van der Waals surface area contributed by atoms with E-state index in [1.165, 1.54) is 17.0 Å². The third kappa shape index (κ3) is 7.98. The van der Waals surface area contributed by atoms with Crippen LogP contribution in [0.1, 0.15) is 25.5 Å². The van der Waals surface area contributed by atoms with Crippen LogP contribution in [0.5, 0.6) is 0 Å². The molecule has 1 aliphatic rings. The number of nitrogens with one attached hydrogen (secondary N) is 2. The van der Waals surface area contributed by atoms with Crippen molar-refractivity contribution in [2.24, 2.45) is 10.9 Å². The van der Waals surface area contributed by atoms with Crippen molar-refractivity contribution in [3.05, 3.63) is 35.6 Å². The molecule has 1 aromatic carbocycles. The molecular formula is C21H34FN5O2. The van der Waals surface area contributed by atoms with Crippen molar-refractivity contribution in [2.45, 2.75) is 19.9 Å². The van der Waals surface area contributed by atoms with E-state index in [9.17, 15) is 9.18 Å². The maximum absolute atomic E-state index is 13.4. The van der Waals surface area contributed by atoms with Crippen molar-refractivity contribution in [1.82, 2.24) is 20.4 Å². The summed E-state index contributed by atoms with van der Waals surface area (Å²) in [6.45, 7) is 8.65. The van der Waals surface area contributed by atoms with E-state index < -0.39 is 0 Å². The van der Waals surface area contributed by atoms with Crippen LogP contribution < -0.4 is 10.6 Å². The van der Waals surface area contributed by atoms with E-state index in [2.05, 4.69) is 34.4 Å². The average Bonchev–Trinajstić information content (AvgIpc) is 2.71. The highest BCUT2D eigenvalue weighted by atomic mass is 19.1. The lowest BCUT2D eigenvalue weighted by atomic mass is 10.0. The normalized spacial score (nSPS) is 16.6. The van der Waals surface area contributed by atoms with Gasteiger partial charge in [-0.15, -0.1) is 0 Å². The number of hydrogen-bond donors (Lipinski definition) is 2. The first-order chi connectivity index (χ1) is 13.9. The van der Waals surface area contributed by atoms with E-state index in [1.54, 1.807) is 14.1 Å². The minimum atomic E-state index is -0.245.